The molecule has 0 aliphatic rings. The van der Waals surface area contributed by atoms with Crippen LogP contribution in [0.25, 0.3) is 0 Å². The molecule has 20 heavy (non-hydrogen) atoms. The fraction of sp³-hybridized carbons (Fsp3) is 0.375. The zero-order valence-corrected chi connectivity index (χ0v) is 13.2. The van der Waals surface area contributed by atoms with Crippen molar-refractivity contribution in [3.63, 3.8) is 0 Å². The highest BCUT2D eigenvalue weighted by Gasteiger charge is 2.20. The molecule has 2 rings (SSSR count). The summed E-state index contributed by atoms with van der Waals surface area (Å²) in [4.78, 5) is 18.8. The van der Waals surface area contributed by atoms with Crippen molar-refractivity contribution < 1.29 is 4.79 Å². The van der Waals surface area contributed by atoms with Crippen LogP contribution in [0, 0.1) is 13.8 Å². The number of rotatable bonds is 5. The minimum atomic E-state index is -0.154. The Hall–Kier alpha value is -1.52. The van der Waals surface area contributed by atoms with Crippen LogP contribution >= 0.6 is 11.3 Å². The molecule has 0 spiro atoms. The van der Waals surface area contributed by atoms with Crippen LogP contribution in [-0.2, 0) is 6.54 Å². The van der Waals surface area contributed by atoms with Crippen molar-refractivity contribution in [2.45, 2.75) is 33.4 Å². The molecule has 106 valence electrons. The molecule has 2 aromatic rings. The van der Waals surface area contributed by atoms with Gasteiger partial charge in [-0.25, -0.2) is 4.98 Å². The first-order valence-electron chi connectivity index (χ1n) is 6.68. The van der Waals surface area contributed by atoms with E-state index in [1.807, 2.05) is 54.9 Å². The predicted octanol–water partition coefficient (Wildman–Crippen LogP) is 3.46. The molecule has 0 aliphatic heterocycles. The van der Waals surface area contributed by atoms with Crippen LogP contribution in [0.3, 0.4) is 0 Å². The Kier molecular flexibility index (Phi) is 4.68. The Morgan fingerprint density at radius 3 is 2.70 bits per heavy atom. The standard InChI is InChI=1S/C16H20N2OS/c1-11-5-6-14(7-12(11)2)16(19)13(3)18(4)8-15-9-20-10-17-15/h5-7,9-10,13H,8H2,1-4H3. The molecule has 1 heterocycles. The van der Waals surface area contributed by atoms with E-state index in [-0.39, 0.29) is 11.8 Å². The molecule has 1 aromatic carbocycles. The summed E-state index contributed by atoms with van der Waals surface area (Å²) in [6, 6.07) is 5.75. The Balaban J connectivity index is 2.09. The van der Waals surface area contributed by atoms with Gasteiger partial charge in [0.05, 0.1) is 17.2 Å². The molecule has 0 saturated carbocycles. The van der Waals surface area contributed by atoms with Gasteiger partial charge in [0.25, 0.3) is 0 Å². The minimum Gasteiger partial charge on any atom is -0.292 e. The van der Waals surface area contributed by atoms with Gasteiger partial charge in [0.2, 0.25) is 0 Å². The van der Waals surface area contributed by atoms with Gasteiger partial charge < -0.3 is 0 Å². The van der Waals surface area contributed by atoms with Crippen LogP contribution in [0.5, 0.6) is 0 Å². The average Bonchev–Trinajstić information content (AvgIpc) is 2.93. The van der Waals surface area contributed by atoms with Crippen molar-refractivity contribution in [3.8, 4) is 0 Å². The molecule has 0 bridgehead atoms. The zero-order chi connectivity index (χ0) is 14.7. The number of hydrogen-bond donors (Lipinski definition) is 0. The van der Waals surface area contributed by atoms with Gasteiger partial charge in [0, 0.05) is 17.5 Å². The highest BCUT2D eigenvalue weighted by atomic mass is 32.1. The number of ketones is 1. The summed E-state index contributed by atoms with van der Waals surface area (Å²) in [6.07, 6.45) is 0. The number of Topliss-reactive ketones (excluding diaryl/α,β-unsaturated/α-hetero) is 1. The number of likely N-dealkylation sites (N-methyl/N-ethyl adjacent to an activating group) is 1. The first-order chi connectivity index (χ1) is 9.49. The molecule has 1 aromatic heterocycles. The highest BCUT2D eigenvalue weighted by molar-refractivity contribution is 7.07. The second-order valence-electron chi connectivity index (χ2n) is 5.23. The van der Waals surface area contributed by atoms with Gasteiger partial charge in [-0.05, 0) is 45.0 Å². The third-order valence-corrected chi connectivity index (χ3v) is 4.36. The number of hydrogen-bond acceptors (Lipinski definition) is 4. The quantitative estimate of drug-likeness (QED) is 0.790. The molecule has 4 heteroatoms. The van der Waals surface area contributed by atoms with E-state index >= 15 is 0 Å². The van der Waals surface area contributed by atoms with Gasteiger partial charge in [-0.15, -0.1) is 11.3 Å². The summed E-state index contributed by atoms with van der Waals surface area (Å²) in [7, 11) is 1.96. The minimum absolute atomic E-state index is 0.154. The van der Waals surface area contributed by atoms with Gasteiger partial charge in [-0.3, -0.25) is 9.69 Å². The van der Waals surface area contributed by atoms with E-state index in [2.05, 4.69) is 11.9 Å². The summed E-state index contributed by atoms with van der Waals surface area (Å²) in [5.74, 6) is 0.158. The fourth-order valence-corrected chi connectivity index (χ4v) is 2.59. The van der Waals surface area contributed by atoms with Gasteiger partial charge in [0.15, 0.2) is 5.78 Å². The predicted molar refractivity (Wildman–Crippen MR) is 83.3 cm³/mol. The van der Waals surface area contributed by atoms with Gasteiger partial charge in [-0.1, -0.05) is 12.1 Å². The van der Waals surface area contributed by atoms with Gasteiger partial charge >= 0.3 is 0 Å². The number of benzene rings is 1. The Morgan fingerprint density at radius 1 is 1.35 bits per heavy atom. The zero-order valence-electron chi connectivity index (χ0n) is 12.4. The maximum absolute atomic E-state index is 12.5. The smallest absolute Gasteiger partial charge is 0.179 e. The van der Waals surface area contributed by atoms with Crippen LogP contribution in [0.2, 0.25) is 0 Å². The first-order valence-corrected chi connectivity index (χ1v) is 7.62. The Labute approximate surface area is 124 Å². The van der Waals surface area contributed by atoms with Crippen molar-refractivity contribution in [2.24, 2.45) is 0 Å². The first kappa shape index (κ1) is 14.9. The molecule has 3 nitrogen and oxygen atoms in total. The number of aromatic nitrogens is 1. The molecule has 0 aliphatic carbocycles. The maximum Gasteiger partial charge on any atom is 0.179 e. The van der Waals surface area contributed by atoms with Crippen LogP contribution in [0.1, 0.15) is 34.1 Å². The van der Waals surface area contributed by atoms with Crippen molar-refractivity contribution in [2.75, 3.05) is 7.05 Å². The fourth-order valence-electron chi connectivity index (χ4n) is 2.04. The van der Waals surface area contributed by atoms with Crippen molar-refractivity contribution >= 4 is 17.1 Å². The molecule has 0 fully saturated rings. The molecule has 0 saturated heterocycles. The van der Waals surface area contributed by atoms with E-state index in [1.165, 1.54) is 5.56 Å². The van der Waals surface area contributed by atoms with Crippen molar-refractivity contribution in [1.29, 1.82) is 0 Å². The van der Waals surface area contributed by atoms with E-state index in [0.29, 0.717) is 6.54 Å². The average molecular weight is 288 g/mol. The molecule has 0 amide bonds. The van der Waals surface area contributed by atoms with Crippen molar-refractivity contribution in [3.05, 3.63) is 51.5 Å². The monoisotopic (exact) mass is 288 g/mol. The number of nitrogens with zero attached hydrogens (tertiary/aromatic N) is 2. The summed E-state index contributed by atoms with van der Waals surface area (Å²) in [5.41, 5.74) is 5.98. The molecule has 0 N–H and O–H groups in total. The Morgan fingerprint density at radius 2 is 2.10 bits per heavy atom. The molecular formula is C16H20N2OS. The van der Waals surface area contributed by atoms with Crippen LogP contribution in [0.15, 0.2) is 29.1 Å². The lowest BCUT2D eigenvalue weighted by Crippen LogP contribution is -2.35. The lowest BCUT2D eigenvalue weighted by atomic mass is 10.00. The molecular weight excluding hydrogens is 268 g/mol. The van der Waals surface area contributed by atoms with Gasteiger partial charge in [0.1, 0.15) is 0 Å². The second-order valence-corrected chi connectivity index (χ2v) is 5.95. The van der Waals surface area contributed by atoms with Crippen LogP contribution < -0.4 is 0 Å². The van der Waals surface area contributed by atoms with E-state index < -0.39 is 0 Å². The Bertz CT molecular complexity index is 593. The largest absolute Gasteiger partial charge is 0.292 e. The van der Waals surface area contributed by atoms with E-state index in [1.54, 1.807) is 11.3 Å². The SMILES string of the molecule is Cc1ccc(C(=O)C(C)N(C)Cc2cscn2)cc1C. The summed E-state index contributed by atoms with van der Waals surface area (Å²) < 4.78 is 0. The van der Waals surface area contributed by atoms with E-state index in [9.17, 15) is 4.79 Å². The van der Waals surface area contributed by atoms with E-state index in [0.717, 1.165) is 16.8 Å². The normalized spacial score (nSPS) is 12.7. The second kappa shape index (κ2) is 6.29. The van der Waals surface area contributed by atoms with Crippen molar-refractivity contribution in [1.82, 2.24) is 9.88 Å². The third kappa shape index (κ3) is 3.32. The summed E-state index contributed by atoms with van der Waals surface area (Å²) >= 11 is 1.58. The summed E-state index contributed by atoms with van der Waals surface area (Å²) in [6.45, 7) is 6.74. The lowest BCUT2D eigenvalue weighted by Gasteiger charge is -2.23. The van der Waals surface area contributed by atoms with E-state index in [4.69, 9.17) is 0 Å². The molecule has 1 unspecified atom stereocenters. The topological polar surface area (TPSA) is 33.2 Å². The number of carbonyl (C=O) groups excluding carboxylic acids is 1. The van der Waals surface area contributed by atoms with Crippen LogP contribution in [0.4, 0.5) is 0 Å². The van der Waals surface area contributed by atoms with Crippen LogP contribution in [-0.4, -0.2) is 28.8 Å². The number of aryl methyl sites for hydroxylation is 2. The lowest BCUT2D eigenvalue weighted by molar-refractivity contribution is 0.0861. The van der Waals surface area contributed by atoms with Gasteiger partial charge in [-0.2, -0.15) is 0 Å². The maximum atomic E-state index is 12.5. The third-order valence-electron chi connectivity index (χ3n) is 3.73. The highest BCUT2D eigenvalue weighted by Crippen LogP contribution is 2.15. The molecule has 1 atom stereocenters. The number of thiazole rings is 1. The molecule has 0 radical (unpaired) electrons. The number of carbonyl (C=O) groups is 1. The summed E-state index contributed by atoms with van der Waals surface area (Å²) in [5, 5.41) is 2.02.